The minimum absolute atomic E-state index is 0.147. The van der Waals surface area contributed by atoms with Crippen LogP contribution in [0.1, 0.15) is 0 Å². The van der Waals surface area contributed by atoms with Crippen molar-refractivity contribution < 1.29 is 9.53 Å². The normalized spacial score (nSPS) is 19.5. The maximum atomic E-state index is 11.4. The molecule has 0 atom stereocenters. The third kappa shape index (κ3) is 2.95. The van der Waals surface area contributed by atoms with Gasteiger partial charge in [-0.2, -0.15) is 0 Å². The third-order valence-corrected chi connectivity index (χ3v) is 2.22. The molecule has 2 N–H and O–H groups in total. The van der Waals surface area contributed by atoms with Gasteiger partial charge in [-0.1, -0.05) is 0 Å². The van der Waals surface area contributed by atoms with Crippen molar-refractivity contribution in [2.24, 2.45) is 5.73 Å². The van der Waals surface area contributed by atoms with E-state index in [1.807, 2.05) is 9.80 Å². The molecule has 5 heteroatoms. The Hall–Kier alpha value is -0.650. The minimum Gasteiger partial charge on any atom is -0.383 e. The van der Waals surface area contributed by atoms with Crippen molar-refractivity contribution in [1.82, 2.24) is 9.80 Å². The minimum atomic E-state index is 0.147. The Labute approximate surface area is 78.4 Å². The number of nitrogens with zero attached hydrogens (tertiary/aromatic N) is 2. The number of hydrogen-bond donors (Lipinski definition) is 1. The summed E-state index contributed by atoms with van der Waals surface area (Å²) < 4.78 is 4.91. The monoisotopic (exact) mass is 187 g/mol. The van der Waals surface area contributed by atoms with E-state index in [1.54, 1.807) is 7.11 Å². The second-order valence-electron chi connectivity index (χ2n) is 3.11. The molecule has 0 radical (unpaired) electrons. The van der Waals surface area contributed by atoms with Crippen molar-refractivity contribution in [2.45, 2.75) is 0 Å². The van der Waals surface area contributed by atoms with E-state index in [4.69, 9.17) is 10.5 Å². The van der Waals surface area contributed by atoms with E-state index < -0.39 is 0 Å². The van der Waals surface area contributed by atoms with Crippen LogP contribution in [0.4, 0.5) is 0 Å². The van der Waals surface area contributed by atoms with Crippen molar-refractivity contribution in [3.05, 3.63) is 0 Å². The fourth-order valence-electron chi connectivity index (χ4n) is 1.35. The quantitative estimate of drug-likeness (QED) is 0.594. The van der Waals surface area contributed by atoms with Gasteiger partial charge in [-0.05, 0) is 0 Å². The van der Waals surface area contributed by atoms with Gasteiger partial charge in [-0.25, -0.2) is 0 Å². The molecular formula is C8H17N3O2. The van der Waals surface area contributed by atoms with Crippen LogP contribution in [-0.2, 0) is 9.53 Å². The van der Waals surface area contributed by atoms with Gasteiger partial charge in [0.2, 0.25) is 5.91 Å². The molecular weight excluding hydrogens is 170 g/mol. The molecule has 1 fully saturated rings. The molecule has 1 rings (SSSR count). The molecule has 0 aliphatic carbocycles. The summed E-state index contributed by atoms with van der Waals surface area (Å²) in [5, 5.41) is 0. The SMILES string of the molecule is COCCN1CCN(CN)CC1=O. The van der Waals surface area contributed by atoms with E-state index in [1.165, 1.54) is 0 Å². The molecule has 0 aromatic rings. The van der Waals surface area contributed by atoms with Gasteiger partial charge in [0, 0.05) is 33.4 Å². The Balaban J connectivity index is 2.31. The number of carbonyl (C=O) groups excluding carboxylic acids is 1. The molecule has 1 heterocycles. The van der Waals surface area contributed by atoms with E-state index in [0.717, 1.165) is 13.1 Å². The number of amides is 1. The average Bonchev–Trinajstić information content (AvgIpc) is 2.16. The summed E-state index contributed by atoms with van der Waals surface area (Å²) in [6, 6.07) is 0. The van der Waals surface area contributed by atoms with Crippen LogP contribution in [0.2, 0.25) is 0 Å². The number of rotatable bonds is 4. The molecule has 1 aliphatic heterocycles. The highest BCUT2D eigenvalue weighted by atomic mass is 16.5. The van der Waals surface area contributed by atoms with Gasteiger partial charge in [0.05, 0.1) is 13.2 Å². The Kier molecular flexibility index (Phi) is 4.14. The fourth-order valence-corrected chi connectivity index (χ4v) is 1.35. The van der Waals surface area contributed by atoms with Crippen molar-refractivity contribution in [3.63, 3.8) is 0 Å². The number of carbonyl (C=O) groups is 1. The van der Waals surface area contributed by atoms with Crippen molar-refractivity contribution in [3.8, 4) is 0 Å². The molecule has 0 aromatic carbocycles. The van der Waals surface area contributed by atoms with E-state index in [9.17, 15) is 4.79 Å². The summed E-state index contributed by atoms with van der Waals surface area (Å²) in [4.78, 5) is 15.2. The van der Waals surface area contributed by atoms with Crippen molar-refractivity contribution in [1.29, 1.82) is 0 Å². The molecule has 1 amide bonds. The zero-order chi connectivity index (χ0) is 9.68. The average molecular weight is 187 g/mol. The van der Waals surface area contributed by atoms with Crippen LogP contribution in [-0.4, -0.2) is 62.3 Å². The first-order valence-corrected chi connectivity index (χ1v) is 4.47. The van der Waals surface area contributed by atoms with E-state index in [2.05, 4.69) is 0 Å². The molecule has 1 saturated heterocycles. The highest BCUT2D eigenvalue weighted by Gasteiger charge is 2.21. The van der Waals surface area contributed by atoms with Crippen LogP contribution in [0.3, 0.4) is 0 Å². The van der Waals surface area contributed by atoms with E-state index in [-0.39, 0.29) is 5.91 Å². The maximum Gasteiger partial charge on any atom is 0.236 e. The van der Waals surface area contributed by atoms with E-state index >= 15 is 0 Å². The Bertz CT molecular complexity index is 175. The molecule has 1 aliphatic rings. The van der Waals surface area contributed by atoms with Gasteiger partial charge >= 0.3 is 0 Å². The molecule has 5 nitrogen and oxygen atoms in total. The number of piperazine rings is 1. The summed E-state index contributed by atoms with van der Waals surface area (Å²) in [5.41, 5.74) is 5.44. The van der Waals surface area contributed by atoms with Crippen LogP contribution in [0.5, 0.6) is 0 Å². The first-order chi connectivity index (χ1) is 6.27. The van der Waals surface area contributed by atoms with Crippen molar-refractivity contribution >= 4 is 5.91 Å². The summed E-state index contributed by atoms with van der Waals surface area (Å²) in [6.07, 6.45) is 0. The highest BCUT2D eigenvalue weighted by molar-refractivity contribution is 5.79. The lowest BCUT2D eigenvalue weighted by Gasteiger charge is -2.33. The molecule has 13 heavy (non-hydrogen) atoms. The Morgan fingerprint density at radius 2 is 2.31 bits per heavy atom. The zero-order valence-corrected chi connectivity index (χ0v) is 8.03. The molecule has 0 spiro atoms. The molecule has 0 saturated carbocycles. The molecule has 76 valence electrons. The second kappa shape index (κ2) is 5.16. The number of ether oxygens (including phenoxy) is 1. The molecule has 0 aromatic heterocycles. The standard InChI is InChI=1S/C8H17N3O2/c1-13-5-4-11-3-2-10(7-9)6-8(11)12/h2-7,9H2,1H3. The second-order valence-corrected chi connectivity index (χ2v) is 3.11. The van der Waals surface area contributed by atoms with Crippen LogP contribution in [0, 0.1) is 0 Å². The van der Waals surface area contributed by atoms with Gasteiger partial charge < -0.3 is 15.4 Å². The first kappa shape index (κ1) is 10.4. The van der Waals surface area contributed by atoms with Gasteiger partial charge in [0.1, 0.15) is 0 Å². The summed E-state index contributed by atoms with van der Waals surface area (Å²) in [7, 11) is 1.64. The summed E-state index contributed by atoms with van der Waals surface area (Å²) in [5.74, 6) is 0.147. The lowest BCUT2D eigenvalue weighted by Crippen LogP contribution is -2.52. The number of hydrogen-bond acceptors (Lipinski definition) is 4. The van der Waals surface area contributed by atoms with Gasteiger partial charge in [-0.15, -0.1) is 0 Å². The fraction of sp³-hybridized carbons (Fsp3) is 0.875. The Morgan fingerprint density at radius 1 is 1.54 bits per heavy atom. The molecule has 0 unspecified atom stereocenters. The smallest absolute Gasteiger partial charge is 0.236 e. The predicted molar refractivity (Wildman–Crippen MR) is 49.1 cm³/mol. The van der Waals surface area contributed by atoms with Crippen LogP contribution in [0.25, 0.3) is 0 Å². The number of methoxy groups -OCH3 is 1. The molecule has 0 bridgehead atoms. The summed E-state index contributed by atoms with van der Waals surface area (Å²) in [6.45, 7) is 3.83. The Morgan fingerprint density at radius 3 is 2.85 bits per heavy atom. The number of nitrogens with two attached hydrogens (primary N) is 1. The van der Waals surface area contributed by atoms with Gasteiger partial charge in [-0.3, -0.25) is 9.69 Å². The topological polar surface area (TPSA) is 58.8 Å². The first-order valence-electron chi connectivity index (χ1n) is 4.47. The van der Waals surface area contributed by atoms with Crippen LogP contribution < -0.4 is 5.73 Å². The van der Waals surface area contributed by atoms with Gasteiger partial charge in [0.25, 0.3) is 0 Å². The maximum absolute atomic E-state index is 11.4. The predicted octanol–water partition coefficient (Wildman–Crippen LogP) is -1.31. The zero-order valence-electron chi connectivity index (χ0n) is 8.03. The van der Waals surface area contributed by atoms with Crippen LogP contribution >= 0.6 is 0 Å². The van der Waals surface area contributed by atoms with Gasteiger partial charge in [0.15, 0.2) is 0 Å². The highest BCUT2D eigenvalue weighted by Crippen LogP contribution is 2.00. The third-order valence-electron chi connectivity index (χ3n) is 2.22. The van der Waals surface area contributed by atoms with E-state index in [0.29, 0.717) is 26.4 Å². The van der Waals surface area contributed by atoms with Crippen molar-refractivity contribution in [2.75, 3.05) is 46.6 Å². The summed E-state index contributed by atoms with van der Waals surface area (Å²) >= 11 is 0. The largest absolute Gasteiger partial charge is 0.383 e. The lowest BCUT2D eigenvalue weighted by atomic mass is 10.3. The van der Waals surface area contributed by atoms with Crippen LogP contribution in [0.15, 0.2) is 0 Å². The lowest BCUT2D eigenvalue weighted by molar-refractivity contribution is -0.136.